The quantitative estimate of drug-likeness (QED) is 0.903. The summed E-state index contributed by atoms with van der Waals surface area (Å²) in [7, 11) is 1.67. The molecule has 1 fully saturated rings. The van der Waals surface area contributed by atoms with Crippen LogP contribution in [-0.2, 0) is 11.3 Å². The van der Waals surface area contributed by atoms with Crippen LogP contribution in [0.5, 0.6) is 0 Å². The van der Waals surface area contributed by atoms with Crippen molar-refractivity contribution >= 4 is 15.9 Å². The van der Waals surface area contributed by atoms with Gasteiger partial charge < -0.3 is 9.84 Å². The molecular formula is C11H17BrN2O2. The van der Waals surface area contributed by atoms with Crippen molar-refractivity contribution in [3.05, 3.63) is 16.4 Å². The largest absolute Gasteiger partial charge is 0.386 e. The Balaban J connectivity index is 2.13. The van der Waals surface area contributed by atoms with Crippen LogP contribution in [0.1, 0.15) is 31.1 Å². The van der Waals surface area contributed by atoms with Crippen molar-refractivity contribution in [2.75, 3.05) is 13.7 Å². The maximum atomic E-state index is 10.3. The summed E-state index contributed by atoms with van der Waals surface area (Å²) in [6.07, 6.45) is 4.80. The Morgan fingerprint density at radius 1 is 1.69 bits per heavy atom. The van der Waals surface area contributed by atoms with Crippen LogP contribution in [0.2, 0.25) is 0 Å². The number of aromatic nitrogens is 2. The fourth-order valence-electron chi connectivity index (χ4n) is 2.00. The van der Waals surface area contributed by atoms with Crippen LogP contribution in [0.25, 0.3) is 0 Å². The summed E-state index contributed by atoms with van der Waals surface area (Å²) in [5.41, 5.74) is 0.891. The van der Waals surface area contributed by atoms with Gasteiger partial charge in [-0.25, -0.2) is 0 Å². The Hall–Kier alpha value is -0.390. The van der Waals surface area contributed by atoms with Crippen LogP contribution >= 0.6 is 15.9 Å². The van der Waals surface area contributed by atoms with Crippen molar-refractivity contribution < 1.29 is 9.84 Å². The van der Waals surface area contributed by atoms with E-state index in [1.807, 2.05) is 4.68 Å². The van der Waals surface area contributed by atoms with E-state index in [0.29, 0.717) is 19.1 Å². The Morgan fingerprint density at radius 3 is 3.00 bits per heavy atom. The molecule has 0 aliphatic heterocycles. The first kappa shape index (κ1) is 12.1. The van der Waals surface area contributed by atoms with Gasteiger partial charge in [-0.1, -0.05) is 6.42 Å². The molecule has 5 heteroatoms. The van der Waals surface area contributed by atoms with Crippen LogP contribution in [0.15, 0.2) is 10.7 Å². The molecule has 16 heavy (non-hydrogen) atoms. The van der Waals surface area contributed by atoms with Gasteiger partial charge in [0.1, 0.15) is 0 Å². The number of rotatable bonds is 5. The minimum Gasteiger partial charge on any atom is -0.386 e. The van der Waals surface area contributed by atoms with Crippen LogP contribution in [-0.4, -0.2) is 28.6 Å². The predicted octanol–water partition coefficient (Wildman–Crippen LogP) is 2.13. The van der Waals surface area contributed by atoms with Crippen LogP contribution < -0.4 is 0 Å². The zero-order chi connectivity index (χ0) is 11.5. The zero-order valence-corrected chi connectivity index (χ0v) is 11.0. The molecule has 4 nitrogen and oxygen atoms in total. The molecule has 2 rings (SSSR count). The van der Waals surface area contributed by atoms with Gasteiger partial charge in [0.2, 0.25) is 0 Å². The van der Waals surface area contributed by atoms with E-state index in [2.05, 4.69) is 21.0 Å². The molecule has 1 aliphatic carbocycles. The van der Waals surface area contributed by atoms with Gasteiger partial charge in [-0.3, -0.25) is 4.68 Å². The number of methoxy groups -OCH3 is 1. The third-order valence-electron chi connectivity index (χ3n) is 3.22. The van der Waals surface area contributed by atoms with Crippen molar-refractivity contribution in [2.45, 2.75) is 31.9 Å². The van der Waals surface area contributed by atoms with E-state index >= 15 is 0 Å². The standard InChI is InChI=1S/C11H17BrN2O2/c1-16-6-5-14-10(9(12)7-13-14)11(15)8-3-2-4-8/h7-8,11,15H,2-6H2,1H3. The SMILES string of the molecule is COCCn1ncc(Br)c1C(O)C1CCC1. The van der Waals surface area contributed by atoms with Crippen LogP contribution in [0, 0.1) is 5.92 Å². The molecule has 1 aliphatic rings. The van der Waals surface area contributed by atoms with E-state index in [4.69, 9.17) is 4.74 Å². The van der Waals surface area contributed by atoms with Crippen molar-refractivity contribution in [2.24, 2.45) is 5.92 Å². The van der Waals surface area contributed by atoms with Gasteiger partial charge in [-0.2, -0.15) is 5.10 Å². The molecule has 0 saturated heterocycles. The zero-order valence-electron chi connectivity index (χ0n) is 9.40. The number of nitrogens with zero attached hydrogens (tertiary/aromatic N) is 2. The number of halogens is 1. The van der Waals surface area contributed by atoms with E-state index in [0.717, 1.165) is 23.0 Å². The lowest BCUT2D eigenvalue weighted by Gasteiger charge is -2.30. The molecule has 0 radical (unpaired) electrons. The molecule has 90 valence electrons. The Labute approximate surface area is 104 Å². The molecule has 0 amide bonds. The smallest absolute Gasteiger partial charge is 0.0996 e. The number of aliphatic hydroxyl groups excluding tert-OH is 1. The van der Waals surface area contributed by atoms with E-state index in [-0.39, 0.29) is 0 Å². The average Bonchev–Trinajstić information content (AvgIpc) is 2.54. The van der Waals surface area contributed by atoms with Gasteiger partial charge in [0.25, 0.3) is 0 Å². The van der Waals surface area contributed by atoms with Crippen molar-refractivity contribution in [1.29, 1.82) is 0 Å². The second kappa shape index (κ2) is 5.29. The summed E-state index contributed by atoms with van der Waals surface area (Å²) in [5, 5.41) is 14.5. The highest BCUT2D eigenvalue weighted by Crippen LogP contribution is 2.39. The minimum absolute atomic E-state index is 0.397. The molecule has 1 atom stereocenters. The molecule has 0 spiro atoms. The van der Waals surface area contributed by atoms with Crippen molar-refractivity contribution in [3.8, 4) is 0 Å². The molecule has 0 bridgehead atoms. The summed E-state index contributed by atoms with van der Waals surface area (Å²) >= 11 is 3.45. The monoisotopic (exact) mass is 288 g/mol. The minimum atomic E-state index is -0.400. The number of hydrogen-bond donors (Lipinski definition) is 1. The van der Waals surface area contributed by atoms with Crippen molar-refractivity contribution in [1.82, 2.24) is 9.78 Å². The first-order valence-electron chi connectivity index (χ1n) is 5.62. The lowest BCUT2D eigenvalue weighted by Crippen LogP contribution is -2.23. The topological polar surface area (TPSA) is 47.3 Å². The molecule has 1 aromatic rings. The normalized spacial score (nSPS) is 18.4. The summed E-state index contributed by atoms with van der Waals surface area (Å²) < 4.78 is 7.75. The fraction of sp³-hybridized carbons (Fsp3) is 0.727. The van der Waals surface area contributed by atoms with Gasteiger partial charge >= 0.3 is 0 Å². The van der Waals surface area contributed by atoms with Gasteiger partial charge in [-0.05, 0) is 34.7 Å². The average molecular weight is 289 g/mol. The first-order valence-corrected chi connectivity index (χ1v) is 6.41. The number of aliphatic hydroxyl groups is 1. The summed E-state index contributed by atoms with van der Waals surface area (Å²) in [4.78, 5) is 0. The maximum Gasteiger partial charge on any atom is 0.0996 e. The van der Waals surface area contributed by atoms with E-state index in [9.17, 15) is 5.11 Å². The molecule has 0 aromatic carbocycles. The fourth-order valence-corrected chi connectivity index (χ4v) is 2.53. The molecule has 1 aromatic heterocycles. The van der Waals surface area contributed by atoms with Gasteiger partial charge in [0.15, 0.2) is 0 Å². The second-order valence-electron chi connectivity index (χ2n) is 4.23. The van der Waals surface area contributed by atoms with E-state index in [1.54, 1.807) is 13.3 Å². The van der Waals surface area contributed by atoms with Gasteiger partial charge in [0.05, 0.1) is 35.6 Å². The molecular weight excluding hydrogens is 272 g/mol. The highest BCUT2D eigenvalue weighted by molar-refractivity contribution is 9.10. The number of hydrogen-bond acceptors (Lipinski definition) is 3. The lowest BCUT2D eigenvalue weighted by molar-refractivity contribution is 0.0526. The van der Waals surface area contributed by atoms with Gasteiger partial charge in [-0.15, -0.1) is 0 Å². The second-order valence-corrected chi connectivity index (χ2v) is 5.08. The molecule has 1 N–H and O–H groups in total. The highest BCUT2D eigenvalue weighted by Gasteiger charge is 2.30. The van der Waals surface area contributed by atoms with Gasteiger partial charge in [0, 0.05) is 7.11 Å². The number of ether oxygens (including phenoxy) is 1. The Kier molecular flexibility index (Phi) is 4.00. The third kappa shape index (κ3) is 2.31. The third-order valence-corrected chi connectivity index (χ3v) is 3.83. The van der Waals surface area contributed by atoms with E-state index < -0.39 is 6.10 Å². The summed E-state index contributed by atoms with van der Waals surface area (Å²) in [6, 6.07) is 0. The van der Waals surface area contributed by atoms with E-state index in [1.165, 1.54) is 6.42 Å². The highest BCUT2D eigenvalue weighted by atomic mass is 79.9. The lowest BCUT2D eigenvalue weighted by atomic mass is 9.80. The molecule has 1 saturated carbocycles. The maximum absolute atomic E-state index is 10.3. The van der Waals surface area contributed by atoms with Crippen molar-refractivity contribution in [3.63, 3.8) is 0 Å². The van der Waals surface area contributed by atoms with Crippen LogP contribution in [0.3, 0.4) is 0 Å². The Bertz CT molecular complexity index is 350. The molecule has 1 heterocycles. The Morgan fingerprint density at radius 2 is 2.44 bits per heavy atom. The predicted molar refractivity (Wildman–Crippen MR) is 64.1 cm³/mol. The summed E-state index contributed by atoms with van der Waals surface area (Å²) in [6.45, 7) is 1.29. The van der Waals surface area contributed by atoms with Crippen LogP contribution in [0.4, 0.5) is 0 Å². The first-order chi connectivity index (χ1) is 7.74. The summed E-state index contributed by atoms with van der Waals surface area (Å²) in [5.74, 6) is 0.397. The molecule has 1 unspecified atom stereocenters.